The molecule has 0 aromatic heterocycles. The third-order valence-electron chi connectivity index (χ3n) is 6.50. The van der Waals surface area contributed by atoms with Gasteiger partial charge in [-0.25, -0.2) is 0 Å². The Kier molecular flexibility index (Phi) is 3.65. The van der Waals surface area contributed by atoms with Crippen LogP contribution in [0, 0.1) is 5.92 Å². The molecule has 1 aromatic rings. The Morgan fingerprint density at radius 3 is 2.75 bits per heavy atom. The highest BCUT2D eigenvalue weighted by molar-refractivity contribution is 5.53. The van der Waals surface area contributed by atoms with Crippen LogP contribution < -0.4 is 4.74 Å². The number of epoxide rings is 1. The predicted octanol–water partition coefficient (Wildman–Crippen LogP) is 4.95. The minimum absolute atomic E-state index is 0.0120. The molecule has 3 unspecified atom stereocenters. The van der Waals surface area contributed by atoms with Gasteiger partial charge in [0, 0.05) is 17.4 Å². The number of fused-ring (bicyclic) bond motifs is 5. The Hall–Kier alpha value is -1.22. The van der Waals surface area contributed by atoms with Gasteiger partial charge in [-0.2, -0.15) is 0 Å². The van der Waals surface area contributed by atoms with Crippen LogP contribution in [0.2, 0.25) is 0 Å². The van der Waals surface area contributed by atoms with Crippen LogP contribution in [0.1, 0.15) is 76.8 Å². The summed E-state index contributed by atoms with van der Waals surface area (Å²) in [4.78, 5) is 0. The van der Waals surface area contributed by atoms with Crippen molar-refractivity contribution in [1.82, 2.24) is 0 Å². The molecule has 2 heterocycles. The zero-order valence-electron chi connectivity index (χ0n) is 15.4. The number of aryl methyl sites for hydroxylation is 1. The van der Waals surface area contributed by atoms with E-state index in [4.69, 9.17) is 9.47 Å². The highest BCUT2D eigenvalue weighted by Gasteiger charge is 2.65. The lowest BCUT2D eigenvalue weighted by molar-refractivity contribution is -0.00595. The number of rotatable bonds is 4. The maximum absolute atomic E-state index is 10.8. The van der Waals surface area contributed by atoms with Gasteiger partial charge in [-0.15, -0.1) is 0 Å². The van der Waals surface area contributed by atoms with Gasteiger partial charge in [0.25, 0.3) is 0 Å². The van der Waals surface area contributed by atoms with Crippen LogP contribution in [0.4, 0.5) is 0 Å². The first-order valence-electron chi connectivity index (χ1n) is 9.58. The molecule has 1 aliphatic carbocycles. The molecule has 1 saturated carbocycles. The highest BCUT2D eigenvalue weighted by atomic mass is 16.6. The standard InChI is InChI=1S/C21H30O3/c1-5-6-7-8-13-11-15(22)18-16(12-13)23-20(2,3)14-9-10-21(4)19(24-21)17(14)18/h11-12,14,17,19,22H,5-10H2,1-4H3/t14-,17?,19?,21?/m1/s1. The van der Waals surface area contributed by atoms with Gasteiger partial charge in [-0.1, -0.05) is 19.8 Å². The van der Waals surface area contributed by atoms with E-state index >= 15 is 0 Å². The third-order valence-corrected chi connectivity index (χ3v) is 6.50. The van der Waals surface area contributed by atoms with Crippen molar-refractivity contribution in [2.24, 2.45) is 5.92 Å². The van der Waals surface area contributed by atoms with E-state index < -0.39 is 0 Å². The van der Waals surface area contributed by atoms with Crippen LogP contribution in [0.15, 0.2) is 12.1 Å². The second kappa shape index (κ2) is 5.39. The number of aromatic hydroxyl groups is 1. The van der Waals surface area contributed by atoms with Crippen molar-refractivity contribution in [2.45, 2.75) is 89.4 Å². The normalized spacial score (nSPS) is 35.4. The van der Waals surface area contributed by atoms with Crippen LogP contribution in [-0.2, 0) is 11.2 Å². The molecular weight excluding hydrogens is 300 g/mol. The topological polar surface area (TPSA) is 42.0 Å². The van der Waals surface area contributed by atoms with Gasteiger partial charge in [0.15, 0.2) is 0 Å². The number of hydrogen-bond acceptors (Lipinski definition) is 3. The zero-order valence-corrected chi connectivity index (χ0v) is 15.4. The van der Waals surface area contributed by atoms with Crippen molar-refractivity contribution in [3.63, 3.8) is 0 Å². The Morgan fingerprint density at radius 2 is 2.00 bits per heavy atom. The van der Waals surface area contributed by atoms with E-state index in [1.807, 2.05) is 6.07 Å². The smallest absolute Gasteiger partial charge is 0.127 e. The molecule has 0 amide bonds. The number of benzene rings is 1. The van der Waals surface area contributed by atoms with E-state index in [9.17, 15) is 5.11 Å². The van der Waals surface area contributed by atoms with E-state index in [2.05, 4.69) is 33.8 Å². The van der Waals surface area contributed by atoms with Crippen molar-refractivity contribution in [3.05, 3.63) is 23.3 Å². The quantitative estimate of drug-likeness (QED) is 0.627. The van der Waals surface area contributed by atoms with Crippen molar-refractivity contribution in [1.29, 1.82) is 0 Å². The lowest BCUT2D eigenvalue weighted by atomic mass is 9.64. The van der Waals surface area contributed by atoms with E-state index in [-0.39, 0.29) is 23.2 Å². The molecule has 0 radical (unpaired) electrons. The molecule has 4 rings (SSSR count). The molecule has 24 heavy (non-hydrogen) atoms. The maximum atomic E-state index is 10.8. The maximum Gasteiger partial charge on any atom is 0.127 e. The number of hydrogen-bond donors (Lipinski definition) is 1. The summed E-state index contributed by atoms with van der Waals surface area (Å²) in [5.41, 5.74) is 1.98. The van der Waals surface area contributed by atoms with Crippen LogP contribution in [0.3, 0.4) is 0 Å². The summed E-state index contributed by atoms with van der Waals surface area (Å²) in [5, 5.41) is 10.8. The van der Waals surface area contributed by atoms with Crippen LogP contribution >= 0.6 is 0 Å². The fourth-order valence-electron chi connectivity index (χ4n) is 5.04. The molecule has 1 N–H and O–H groups in total. The fraction of sp³-hybridized carbons (Fsp3) is 0.714. The summed E-state index contributed by atoms with van der Waals surface area (Å²) >= 11 is 0. The first kappa shape index (κ1) is 16.3. The van der Waals surface area contributed by atoms with Crippen molar-refractivity contribution >= 4 is 0 Å². The zero-order chi connectivity index (χ0) is 17.1. The second-order valence-electron chi connectivity index (χ2n) is 8.71. The fourth-order valence-corrected chi connectivity index (χ4v) is 5.04. The Labute approximate surface area is 145 Å². The monoisotopic (exact) mass is 330 g/mol. The van der Waals surface area contributed by atoms with Gasteiger partial charge < -0.3 is 14.6 Å². The minimum Gasteiger partial charge on any atom is -0.508 e. The van der Waals surface area contributed by atoms with Crippen molar-refractivity contribution < 1.29 is 14.6 Å². The molecule has 1 aromatic carbocycles. The van der Waals surface area contributed by atoms with E-state index in [0.717, 1.165) is 37.0 Å². The summed E-state index contributed by atoms with van der Waals surface area (Å²) in [6, 6.07) is 4.12. The van der Waals surface area contributed by atoms with Crippen LogP contribution in [0.5, 0.6) is 11.5 Å². The molecular formula is C21H30O3. The average Bonchev–Trinajstić information content (AvgIpc) is 3.18. The Bertz CT molecular complexity index is 651. The summed E-state index contributed by atoms with van der Waals surface area (Å²) in [5.74, 6) is 1.95. The highest BCUT2D eigenvalue weighted by Crippen LogP contribution is 2.63. The van der Waals surface area contributed by atoms with Crippen LogP contribution in [0.25, 0.3) is 0 Å². The summed E-state index contributed by atoms with van der Waals surface area (Å²) in [7, 11) is 0. The summed E-state index contributed by atoms with van der Waals surface area (Å²) in [6.45, 7) is 8.82. The van der Waals surface area contributed by atoms with Crippen LogP contribution in [-0.4, -0.2) is 22.4 Å². The second-order valence-corrected chi connectivity index (χ2v) is 8.71. The molecule has 3 heteroatoms. The van der Waals surface area contributed by atoms with Crippen molar-refractivity contribution in [2.75, 3.05) is 0 Å². The molecule has 3 nitrogen and oxygen atoms in total. The Balaban J connectivity index is 1.71. The van der Waals surface area contributed by atoms with Crippen molar-refractivity contribution in [3.8, 4) is 11.5 Å². The average molecular weight is 330 g/mol. The molecule has 0 spiro atoms. The summed E-state index contributed by atoms with van der Waals surface area (Å²) in [6.07, 6.45) is 7.02. The van der Waals surface area contributed by atoms with Gasteiger partial charge in [0.2, 0.25) is 0 Å². The van der Waals surface area contributed by atoms with E-state index in [1.165, 1.54) is 18.4 Å². The Morgan fingerprint density at radius 1 is 1.21 bits per heavy atom. The SMILES string of the molecule is CCCCCc1cc(O)c2c(c1)OC(C)(C)[C@@H]1CCC3(C)OC3C21. The number of ether oxygens (including phenoxy) is 2. The lowest BCUT2D eigenvalue weighted by Crippen LogP contribution is -2.49. The largest absolute Gasteiger partial charge is 0.508 e. The van der Waals surface area contributed by atoms with Gasteiger partial charge in [0.1, 0.15) is 17.1 Å². The first-order chi connectivity index (χ1) is 11.4. The lowest BCUT2D eigenvalue weighted by Gasteiger charge is -2.47. The van der Waals surface area contributed by atoms with E-state index in [1.54, 1.807) is 0 Å². The molecule has 132 valence electrons. The van der Waals surface area contributed by atoms with Gasteiger partial charge in [-0.05, 0) is 64.2 Å². The number of unbranched alkanes of at least 4 members (excludes halogenated alkanes) is 2. The molecule has 2 fully saturated rings. The molecule has 0 bridgehead atoms. The van der Waals surface area contributed by atoms with E-state index in [0.29, 0.717) is 11.7 Å². The number of phenolic OH excluding ortho intramolecular Hbond substituents is 1. The molecule has 1 saturated heterocycles. The molecule has 3 aliphatic rings. The first-order valence-corrected chi connectivity index (χ1v) is 9.58. The number of phenols is 1. The van der Waals surface area contributed by atoms with Gasteiger partial charge >= 0.3 is 0 Å². The predicted molar refractivity (Wildman–Crippen MR) is 94.8 cm³/mol. The van der Waals surface area contributed by atoms with Gasteiger partial charge in [0.05, 0.1) is 11.7 Å². The third kappa shape index (κ3) is 2.44. The van der Waals surface area contributed by atoms with Gasteiger partial charge in [-0.3, -0.25) is 0 Å². The molecule has 4 atom stereocenters. The molecule has 2 aliphatic heterocycles. The minimum atomic E-state index is -0.209. The summed E-state index contributed by atoms with van der Waals surface area (Å²) < 4.78 is 12.5.